The third kappa shape index (κ3) is 3.47. The Kier molecular flexibility index (Phi) is 4.81. The fraction of sp³-hybridized carbons (Fsp3) is 0.381. The largest absolute Gasteiger partial charge is 0.299 e. The quantitative estimate of drug-likeness (QED) is 0.753. The van der Waals surface area contributed by atoms with E-state index in [9.17, 15) is 4.79 Å². The van der Waals surface area contributed by atoms with Crippen LogP contribution in [-0.2, 0) is 11.2 Å². The molecule has 0 N–H and O–H groups in total. The maximum absolute atomic E-state index is 12.7. The summed E-state index contributed by atoms with van der Waals surface area (Å²) < 4.78 is 0. The Labute approximate surface area is 140 Å². The summed E-state index contributed by atoms with van der Waals surface area (Å²) in [6.07, 6.45) is 3.95. The molecule has 3 rings (SSSR count). The van der Waals surface area contributed by atoms with Crippen molar-refractivity contribution in [3.63, 3.8) is 0 Å². The summed E-state index contributed by atoms with van der Waals surface area (Å²) in [5.41, 5.74) is 1.85. The number of Topliss-reactive ketones (excluding diaryl/α,β-unsaturated/α-hetero) is 1. The molecule has 0 aromatic heterocycles. The topological polar surface area (TPSA) is 17.1 Å². The van der Waals surface area contributed by atoms with Crippen molar-refractivity contribution in [2.75, 3.05) is 0 Å². The predicted molar refractivity (Wildman–Crippen MR) is 99.8 cm³/mol. The number of hydrogen-bond acceptors (Lipinski definition) is 1. The van der Waals surface area contributed by atoms with Gasteiger partial charge in [0, 0.05) is 12.3 Å². The first-order chi connectivity index (χ1) is 11.1. The predicted octanol–water partition coefficient (Wildman–Crippen LogP) is 4.58. The number of ketones is 1. The highest BCUT2D eigenvalue weighted by Gasteiger charge is 2.43. The molecule has 1 aliphatic carbocycles. The first-order valence-corrected chi connectivity index (χ1v) is 11.8. The molecule has 1 saturated carbocycles. The highest BCUT2D eigenvalue weighted by Crippen LogP contribution is 2.41. The maximum atomic E-state index is 12.7. The summed E-state index contributed by atoms with van der Waals surface area (Å²) in [6.45, 7) is 4.90. The molecular formula is C21H26OSi. The molecule has 1 aliphatic rings. The van der Waals surface area contributed by atoms with Crippen LogP contribution in [0, 0.1) is 5.92 Å². The number of hydrogen-bond donors (Lipinski definition) is 0. The van der Waals surface area contributed by atoms with Crippen molar-refractivity contribution in [1.29, 1.82) is 0 Å². The Balaban J connectivity index is 1.90. The van der Waals surface area contributed by atoms with E-state index in [1.54, 1.807) is 0 Å². The second-order valence-corrected chi connectivity index (χ2v) is 12.1. The van der Waals surface area contributed by atoms with Crippen LogP contribution in [0.4, 0.5) is 0 Å². The molecule has 2 heteroatoms. The van der Waals surface area contributed by atoms with E-state index >= 15 is 0 Å². The van der Waals surface area contributed by atoms with Gasteiger partial charge in [0.2, 0.25) is 0 Å². The third-order valence-corrected chi connectivity index (χ3v) is 9.95. The molecule has 0 aliphatic heterocycles. The fourth-order valence-corrected chi connectivity index (χ4v) is 7.89. The van der Waals surface area contributed by atoms with E-state index in [4.69, 9.17) is 0 Å². The van der Waals surface area contributed by atoms with E-state index in [0.717, 1.165) is 19.3 Å². The number of carbonyl (C=O) groups excluding carboxylic acids is 1. The lowest BCUT2D eigenvalue weighted by atomic mass is 9.83. The van der Waals surface area contributed by atoms with Crippen molar-refractivity contribution in [1.82, 2.24) is 0 Å². The van der Waals surface area contributed by atoms with Gasteiger partial charge in [0.05, 0.1) is 8.07 Å². The van der Waals surface area contributed by atoms with E-state index in [2.05, 4.69) is 67.7 Å². The molecule has 0 heterocycles. The Morgan fingerprint density at radius 3 is 2.22 bits per heavy atom. The highest BCUT2D eigenvalue weighted by atomic mass is 28.3. The van der Waals surface area contributed by atoms with Gasteiger partial charge in [0.25, 0.3) is 0 Å². The summed E-state index contributed by atoms with van der Waals surface area (Å²) in [7, 11) is -1.66. The average molecular weight is 323 g/mol. The van der Waals surface area contributed by atoms with E-state index in [0.29, 0.717) is 11.3 Å². The van der Waals surface area contributed by atoms with Gasteiger partial charge in [0.1, 0.15) is 5.78 Å². The molecule has 120 valence electrons. The molecule has 1 fully saturated rings. The molecule has 0 amide bonds. The van der Waals surface area contributed by atoms with Gasteiger partial charge in [-0.1, -0.05) is 85.4 Å². The molecule has 2 aromatic rings. The molecule has 0 unspecified atom stereocenters. The van der Waals surface area contributed by atoms with Crippen molar-refractivity contribution in [2.45, 2.75) is 44.3 Å². The summed E-state index contributed by atoms with van der Waals surface area (Å²) in [5.74, 6) is 0.689. The van der Waals surface area contributed by atoms with Crippen LogP contribution >= 0.6 is 0 Å². The van der Waals surface area contributed by atoms with Gasteiger partial charge in [-0.05, 0) is 23.9 Å². The zero-order chi connectivity index (χ0) is 16.3. The van der Waals surface area contributed by atoms with Crippen LogP contribution < -0.4 is 5.19 Å². The van der Waals surface area contributed by atoms with Crippen molar-refractivity contribution >= 4 is 19.0 Å². The normalized spacial score (nSPS) is 22.1. The first kappa shape index (κ1) is 16.2. The van der Waals surface area contributed by atoms with Crippen LogP contribution in [-0.4, -0.2) is 13.9 Å². The second-order valence-electron chi connectivity index (χ2n) is 7.35. The third-order valence-electron chi connectivity index (χ3n) is 5.58. The second kappa shape index (κ2) is 6.84. The van der Waals surface area contributed by atoms with Crippen LogP contribution in [0.15, 0.2) is 60.7 Å². The minimum atomic E-state index is -1.66. The van der Waals surface area contributed by atoms with Crippen molar-refractivity contribution in [2.24, 2.45) is 5.92 Å². The van der Waals surface area contributed by atoms with Crippen LogP contribution in [0.1, 0.15) is 24.8 Å². The Morgan fingerprint density at radius 2 is 1.57 bits per heavy atom. The van der Waals surface area contributed by atoms with Crippen molar-refractivity contribution in [3.05, 3.63) is 66.2 Å². The average Bonchev–Trinajstić information content (AvgIpc) is 2.58. The summed E-state index contributed by atoms with van der Waals surface area (Å²) in [4.78, 5) is 12.7. The zero-order valence-electron chi connectivity index (χ0n) is 14.2. The molecule has 0 radical (unpaired) electrons. The lowest BCUT2D eigenvalue weighted by Gasteiger charge is -2.41. The zero-order valence-corrected chi connectivity index (χ0v) is 15.2. The first-order valence-electron chi connectivity index (χ1n) is 8.71. The van der Waals surface area contributed by atoms with Gasteiger partial charge >= 0.3 is 0 Å². The van der Waals surface area contributed by atoms with Gasteiger partial charge in [-0.15, -0.1) is 0 Å². The monoisotopic (exact) mass is 322 g/mol. The van der Waals surface area contributed by atoms with E-state index in [1.165, 1.54) is 17.2 Å². The number of carbonyl (C=O) groups is 1. The molecule has 1 nitrogen and oxygen atoms in total. The van der Waals surface area contributed by atoms with Crippen LogP contribution in [0.3, 0.4) is 0 Å². The summed E-state index contributed by atoms with van der Waals surface area (Å²) in [5, 5.41) is 1.48. The molecule has 23 heavy (non-hydrogen) atoms. The minimum Gasteiger partial charge on any atom is -0.299 e. The molecule has 2 aromatic carbocycles. The van der Waals surface area contributed by atoms with Gasteiger partial charge in [-0.3, -0.25) is 4.79 Å². The van der Waals surface area contributed by atoms with E-state index in [1.807, 2.05) is 6.07 Å². The highest BCUT2D eigenvalue weighted by molar-refractivity contribution is 6.91. The SMILES string of the molecule is C[Si](C)(c1ccccc1)[C@H]1CCCC(=O)[C@@H]1Cc1ccccc1. The molecule has 0 saturated heterocycles. The van der Waals surface area contributed by atoms with Gasteiger partial charge in [-0.25, -0.2) is 0 Å². The summed E-state index contributed by atoms with van der Waals surface area (Å²) in [6, 6.07) is 21.4. The lowest BCUT2D eigenvalue weighted by Crippen LogP contribution is -2.51. The smallest absolute Gasteiger partial charge is 0.136 e. The standard InChI is InChI=1S/C21H26OSi/c1-23(2,18-12-7-4-8-13-18)21-15-9-14-20(22)19(21)16-17-10-5-3-6-11-17/h3-8,10-13,19,21H,9,14-16H2,1-2H3/t19-,21-/m0/s1. The molecule has 0 bridgehead atoms. The fourth-order valence-electron chi connectivity index (χ4n) is 4.18. The van der Waals surface area contributed by atoms with E-state index in [-0.39, 0.29) is 5.92 Å². The Hall–Kier alpha value is -1.67. The lowest BCUT2D eigenvalue weighted by molar-refractivity contribution is -0.124. The Morgan fingerprint density at radius 1 is 0.957 bits per heavy atom. The Bertz CT molecular complexity index is 648. The van der Waals surface area contributed by atoms with Crippen LogP contribution in [0.2, 0.25) is 18.6 Å². The van der Waals surface area contributed by atoms with Crippen molar-refractivity contribution < 1.29 is 4.79 Å². The maximum Gasteiger partial charge on any atom is 0.136 e. The number of benzene rings is 2. The minimum absolute atomic E-state index is 0.202. The van der Waals surface area contributed by atoms with Gasteiger partial charge < -0.3 is 0 Å². The molecule has 2 atom stereocenters. The number of rotatable bonds is 4. The summed E-state index contributed by atoms with van der Waals surface area (Å²) >= 11 is 0. The van der Waals surface area contributed by atoms with Crippen LogP contribution in [0.5, 0.6) is 0 Å². The van der Waals surface area contributed by atoms with Gasteiger partial charge in [-0.2, -0.15) is 0 Å². The molecular weight excluding hydrogens is 296 g/mol. The van der Waals surface area contributed by atoms with E-state index < -0.39 is 8.07 Å². The molecule has 0 spiro atoms. The van der Waals surface area contributed by atoms with Crippen molar-refractivity contribution in [3.8, 4) is 0 Å². The van der Waals surface area contributed by atoms with Crippen LogP contribution in [0.25, 0.3) is 0 Å². The van der Waals surface area contributed by atoms with Gasteiger partial charge in [0.15, 0.2) is 0 Å².